The molecule has 1 N–H and O–H groups in total. The predicted molar refractivity (Wildman–Crippen MR) is 103 cm³/mol. The summed E-state index contributed by atoms with van der Waals surface area (Å²) in [6.07, 6.45) is 1.30. The van der Waals surface area contributed by atoms with Crippen molar-refractivity contribution >= 4 is 28.7 Å². The number of anilines is 3. The third kappa shape index (κ3) is 2.63. The molecule has 0 aromatic heterocycles. The molecule has 3 heteroatoms. The first-order chi connectivity index (χ1) is 11.8. The number of nitrogens with zero attached hydrogens (tertiary/aromatic N) is 1. The Morgan fingerprint density at radius 2 is 1.67 bits per heavy atom. The summed E-state index contributed by atoms with van der Waals surface area (Å²) in [6.45, 7) is 2.21. The predicted octanol–water partition coefficient (Wildman–Crippen LogP) is 6.31. The Hall–Kier alpha value is -2.45. The lowest BCUT2D eigenvalue weighted by molar-refractivity contribution is 0.728. The summed E-state index contributed by atoms with van der Waals surface area (Å²) in [7, 11) is 0. The second-order valence-electron chi connectivity index (χ2n) is 6.02. The zero-order valence-electron chi connectivity index (χ0n) is 13.5. The van der Waals surface area contributed by atoms with Crippen molar-refractivity contribution in [2.45, 2.75) is 19.5 Å². The van der Waals surface area contributed by atoms with Gasteiger partial charge in [0, 0.05) is 10.7 Å². The van der Waals surface area contributed by atoms with E-state index in [-0.39, 0.29) is 6.17 Å². The number of benzene rings is 3. The molecule has 0 saturated heterocycles. The minimum atomic E-state index is 0.275. The zero-order chi connectivity index (χ0) is 16.5. The molecule has 2 nitrogen and oxygen atoms in total. The van der Waals surface area contributed by atoms with E-state index in [1.54, 1.807) is 0 Å². The van der Waals surface area contributed by atoms with Crippen molar-refractivity contribution in [1.29, 1.82) is 0 Å². The molecule has 3 aromatic carbocycles. The van der Waals surface area contributed by atoms with Crippen molar-refractivity contribution in [3.05, 3.63) is 77.8 Å². The van der Waals surface area contributed by atoms with Crippen molar-refractivity contribution in [2.75, 3.05) is 10.2 Å². The van der Waals surface area contributed by atoms with Crippen LogP contribution in [-0.2, 0) is 0 Å². The lowest BCUT2D eigenvalue weighted by Gasteiger charge is -2.26. The fourth-order valence-corrected chi connectivity index (χ4v) is 3.52. The number of hydrogen-bond acceptors (Lipinski definition) is 2. The van der Waals surface area contributed by atoms with E-state index in [2.05, 4.69) is 71.7 Å². The Morgan fingerprint density at radius 3 is 2.46 bits per heavy atom. The minimum absolute atomic E-state index is 0.275. The largest absolute Gasteiger partial charge is 0.363 e. The molecular formula is C21H19ClN2. The summed E-state index contributed by atoms with van der Waals surface area (Å²) in [5.41, 5.74) is 5.92. The van der Waals surface area contributed by atoms with E-state index in [9.17, 15) is 0 Å². The molecule has 0 fully saturated rings. The van der Waals surface area contributed by atoms with Crippen LogP contribution in [-0.4, -0.2) is 6.17 Å². The van der Waals surface area contributed by atoms with Crippen LogP contribution >= 0.6 is 11.6 Å². The Morgan fingerprint density at radius 1 is 0.917 bits per heavy atom. The van der Waals surface area contributed by atoms with Gasteiger partial charge in [0.1, 0.15) is 6.17 Å². The van der Waals surface area contributed by atoms with Gasteiger partial charge in [-0.2, -0.15) is 0 Å². The fourth-order valence-electron chi connectivity index (χ4n) is 3.32. The quantitative estimate of drug-likeness (QED) is 0.604. The average molecular weight is 335 g/mol. The number of rotatable bonds is 3. The summed E-state index contributed by atoms with van der Waals surface area (Å²) in [5, 5.41) is 4.37. The van der Waals surface area contributed by atoms with Gasteiger partial charge in [0.05, 0.1) is 11.4 Å². The molecule has 1 aliphatic heterocycles. The van der Waals surface area contributed by atoms with Gasteiger partial charge < -0.3 is 10.2 Å². The highest BCUT2D eigenvalue weighted by atomic mass is 35.5. The molecule has 0 spiro atoms. The molecule has 24 heavy (non-hydrogen) atoms. The molecule has 1 aliphatic rings. The topological polar surface area (TPSA) is 15.3 Å². The first-order valence-corrected chi connectivity index (χ1v) is 8.65. The molecule has 0 aliphatic carbocycles. The number of fused-ring (bicyclic) bond motifs is 1. The maximum absolute atomic E-state index is 6.15. The van der Waals surface area contributed by atoms with Crippen molar-refractivity contribution < 1.29 is 0 Å². The molecule has 0 radical (unpaired) electrons. The van der Waals surface area contributed by atoms with E-state index in [0.717, 1.165) is 17.0 Å². The maximum Gasteiger partial charge on any atom is 0.104 e. The van der Waals surface area contributed by atoms with Gasteiger partial charge in [-0.3, -0.25) is 0 Å². The first-order valence-electron chi connectivity index (χ1n) is 8.27. The van der Waals surface area contributed by atoms with Crippen LogP contribution in [0.5, 0.6) is 0 Å². The van der Waals surface area contributed by atoms with Gasteiger partial charge in [-0.1, -0.05) is 54.9 Å². The van der Waals surface area contributed by atoms with Crippen LogP contribution in [0, 0.1) is 0 Å². The van der Waals surface area contributed by atoms with Crippen LogP contribution in [0.2, 0.25) is 5.02 Å². The minimum Gasteiger partial charge on any atom is -0.363 e. The molecule has 4 rings (SSSR count). The van der Waals surface area contributed by atoms with Crippen LogP contribution in [0.25, 0.3) is 11.1 Å². The Balaban J connectivity index is 1.78. The SMILES string of the molecule is CCC1Nc2ccccc2N1c1cccc(-c2cccc(Cl)c2)c1. The molecule has 3 aromatic rings. The normalized spacial score (nSPS) is 15.9. The van der Waals surface area contributed by atoms with Crippen LogP contribution < -0.4 is 10.2 Å². The van der Waals surface area contributed by atoms with Crippen LogP contribution in [0.3, 0.4) is 0 Å². The first kappa shape index (κ1) is 15.1. The summed E-state index contributed by atoms with van der Waals surface area (Å²) < 4.78 is 0. The molecule has 1 heterocycles. The second-order valence-corrected chi connectivity index (χ2v) is 6.45. The highest BCUT2D eigenvalue weighted by Crippen LogP contribution is 2.41. The lowest BCUT2D eigenvalue weighted by Crippen LogP contribution is -2.30. The fraction of sp³-hybridized carbons (Fsp3) is 0.143. The molecule has 0 bridgehead atoms. The zero-order valence-corrected chi connectivity index (χ0v) is 14.3. The highest BCUT2D eigenvalue weighted by Gasteiger charge is 2.28. The summed E-state index contributed by atoms with van der Waals surface area (Å²) in [4.78, 5) is 2.38. The molecule has 120 valence electrons. The molecule has 0 amide bonds. The smallest absolute Gasteiger partial charge is 0.104 e. The van der Waals surface area contributed by atoms with Crippen molar-refractivity contribution in [3.8, 4) is 11.1 Å². The van der Waals surface area contributed by atoms with Gasteiger partial charge in [-0.25, -0.2) is 0 Å². The monoisotopic (exact) mass is 334 g/mol. The molecule has 1 atom stereocenters. The number of para-hydroxylation sites is 2. The van der Waals surface area contributed by atoms with Crippen LogP contribution in [0.1, 0.15) is 13.3 Å². The molecular weight excluding hydrogens is 316 g/mol. The lowest BCUT2D eigenvalue weighted by atomic mass is 10.0. The summed E-state index contributed by atoms with van der Waals surface area (Å²) in [6, 6.07) is 25.1. The second kappa shape index (κ2) is 6.21. The number of halogens is 1. The Kier molecular flexibility index (Phi) is 3.91. The molecule has 0 saturated carbocycles. The van der Waals surface area contributed by atoms with Gasteiger partial charge >= 0.3 is 0 Å². The van der Waals surface area contributed by atoms with E-state index < -0.39 is 0 Å². The number of hydrogen-bond donors (Lipinski definition) is 1. The Bertz CT molecular complexity index is 875. The highest BCUT2D eigenvalue weighted by molar-refractivity contribution is 6.30. The van der Waals surface area contributed by atoms with Crippen molar-refractivity contribution in [2.24, 2.45) is 0 Å². The van der Waals surface area contributed by atoms with Crippen LogP contribution in [0.15, 0.2) is 72.8 Å². The van der Waals surface area contributed by atoms with Gasteiger partial charge in [-0.05, 0) is 53.9 Å². The van der Waals surface area contributed by atoms with E-state index in [1.165, 1.54) is 22.6 Å². The van der Waals surface area contributed by atoms with Gasteiger partial charge in [0.15, 0.2) is 0 Å². The van der Waals surface area contributed by atoms with Crippen molar-refractivity contribution in [3.63, 3.8) is 0 Å². The van der Waals surface area contributed by atoms with Crippen LogP contribution in [0.4, 0.5) is 17.1 Å². The van der Waals surface area contributed by atoms with Gasteiger partial charge in [-0.15, -0.1) is 0 Å². The van der Waals surface area contributed by atoms with Gasteiger partial charge in [0.25, 0.3) is 0 Å². The van der Waals surface area contributed by atoms with E-state index in [4.69, 9.17) is 11.6 Å². The van der Waals surface area contributed by atoms with E-state index in [0.29, 0.717) is 0 Å². The maximum atomic E-state index is 6.15. The van der Waals surface area contributed by atoms with E-state index in [1.807, 2.05) is 18.2 Å². The summed E-state index contributed by atoms with van der Waals surface area (Å²) >= 11 is 6.15. The van der Waals surface area contributed by atoms with Crippen molar-refractivity contribution in [1.82, 2.24) is 0 Å². The Labute approximate surface area is 147 Å². The average Bonchev–Trinajstić information content (AvgIpc) is 3.00. The standard InChI is InChI=1S/C21H19ClN2/c1-2-21-23-19-11-3-4-12-20(19)24(21)18-10-6-8-16(14-18)15-7-5-9-17(22)13-15/h3-14,21,23H,2H2,1H3. The third-order valence-corrected chi connectivity index (χ3v) is 4.70. The van der Waals surface area contributed by atoms with E-state index >= 15 is 0 Å². The number of nitrogens with one attached hydrogen (secondary N) is 1. The molecule has 1 unspecified atom stereocenters. The van der Waals surface area contributed by atoms with Gasteiger partial charge in [0.2, 0.25) is 0 Å². The summed E-state index contributed by atoms with van der Waals surface area (Å²) in [5.74, 6) is 0. The third-order valence-electron chi connectivity index (χ3n) is 4.47.